The molecule has 0 atom stereocenters. The van der Waals surface area contributed by atoms with Gasteiger partial charge in [-0.1, -0.05) is 0 Å². The Morgan fingerprint density at radius 1 is 1.67 bits per heavy atom. The van der Waals surface area contributed by atoms with Crippen LogP contribution in [-0.2, 0) is 19.5 Å². The number of nitrogens with zero attached hydrogens (tertiary/aromatic N) is 2. The van der Waals surface area contributed by atoms with Crippen molar-refractivity contribution >= 4 is 0 Å². The maximum atomic E-state index is 10.2. The van der Waals surface area contributed by atoms with Crippen molar-refractivity contribution in [1.29, 1.82) is 0 Å². The van der Waals surface area contributed by atoms with E-state index >= 15 is 0 Å². The summed E-state index contributed by atoms with van der Waals surface area (Å²) in [5.74, 6) is 0. The largest absolute Gasteiger partial charge is 0.424 e. The minimum Gasteiger partial charge on any atom is -0.424 e. The van der Waals surface area contributed by atoms with Gasteiger partial charge in [-0.05, 0) is 6.07 Å². The minimum absolute atomic E-state index is 0. The summed E-state index contributed by atoms with van der Waals surface area (Å²) in [6, 6.07) is 1.46. The summed E-state index contributed by atoms with van der Waals surface area (Å²) >= 11 is 0. The molecule has 1 aromatic heterocycles. The van der Waals surface area contributed by atoms with E-state index in [9.17, 15) is 4.79 Å². The van der Waals surface area contributed by atoms with Crippen LogP contribution >= 0.6 is 0 Å². The van der Waals surface area contributed by atoms with Gasteiger partial charge < -0.3 is 5.21 Å². The third-order valence-corrected chi connectivity index (χ3v) is 0.694. The van der Waals surface area contributed by atoms with Gasteiger partial charge in [0.05, 0.1) is 6.20 Å². The van der Waals surface area contributed by atoms with Gasteiger partial charge in [0, 0.05) is 25.7 Å². The molecule has 0 saturated heterocycles. The quantitative estimate of drug-likeness (QED) is 0.429. The molecule has 1 rings (SSSR count). The summed E-state index contributed by atoms with van der Waals surface area (Å²) in [6.07, 6.45) is 2.53. The maximum Gasteiger partial charge on any atom is 0.380 e. The minimum atomic E-state index is -0.660. The van der Waals surface area contributed by atoms with Gasteiger partial charge in [0.2, 0.25) is 0 Å². The molecule has 0 saturated carbocycles. The van der Waals surface area contributed by atoms with Crippen LogP contribution in [-0.4, -0.2) is 14.9 Å². The van der Waals surface area contributed by atoms with Gasteiger partial charge >= 0.3 is 5.69 Å². The van der Waals surface area contributed by atoms with Crippen LogP contribution in [0, 0.1) is 0 Å². The molecule has 0 aliphatic carbocycles. The molecule has 1 heterocycles. The third-order valence-electron chi connectivity index (χ3n) is 0.694. The van der Waals surface area contributed by atoms with Crippen LogP contribution < -0.4 is 5.69 Å². The maximum absolute atomic E-state index is 10.2. The second-order valence-corrected chi connectivity index (χ2v) is 1.25. The number of hydrogen-bond donors (Lipinski definition) is 1. The van der Waals surface area contributed by atoms with Gasteiger partial charge in [-0.2, -0.15) is 4.98 Å². The molecule has 0 amide bonds. The predicted molar refractivity (Wildman–Crippen MR) is 25.7 cm³/mol. The van der Waals surface area contributed by atoms with E-state index in [4.69, 9.17) is 5.21 Å². The average Bonchev–Trinajstić information content (AvgIpc) is 1.77. The average molecular weight is 177 g/mol. The number of rotatable bonds is 0. The summed E-state index contributed by atoms with van der Waals surface area (Å²) in [4.78, 5) is 13.5. The summed E-state index contributed by atoms with van der Waals surface area (Å²) in [6.45, 7) is 0. The van der Waals surface area contributed by atoms with Crippen LogP contribution in [0.1, 0.15) is 0 Å². The van der Waals surface area contributed by atoms with Crippen molar-refractivity contribution < 1.29 is 24.7 Å². The molecule has 0 aliphatic heterocycles. The molecular weight excluding hydrogens is 173 g/mol. The summed E-state index contributed by atoms with van der Waals surface area (Å²) in [5, 5.41) is 8.46. The van der Waals surface area contributed by atoms with Crippen molar-refractivity contribution in [3.63, 3.8) is 0 Å². The smallest absolute Gasteiger partial charge is 0.380 e. The zero-order valence-electron chi connectivity index (χ0n) is 4.69. The van der Waals surface area contributed by atoms with Gasteiger partial charge in [-0.3, -0.25) is 0 Å². The van der Waals surface area contributed by atoms with E-state index in [2.05, 4.69) is 4.98 Å². The van der Waals surface area contributed by atoms with E-state index < -0.39 is 5.69 Å². The first kappa shape index (κ1) is 8.30. The molecule has 0 spiro atoms. The van der Waals surface area contributed by atoms with E-state index in [1.807, 2.05) is 0 Å². The Hall–Kier alpha value is -0.697. The van der Waals surface area contributed by atoms with Crippen LogP contribution in [0.2, 0.25) is 0 Å². The van der Waals surface area contributed by atoms with Crippen LogP contribution in [0.25, 0.3) is 0 Å². The second-order valence-electron chi connectivity index (χ2n) is 1.25. The number of aromatic nitrogens is 2. The van der Waals surface area contributed by atoms with Crippen LogP contribution in [0.3, 0.4) is 0 Å². The van der Waals surface area contributed by atoms with Gasteiger partial charge in [-0.25, -0.2) is 4.79 Å². The van der Waals surface area contributed by atoms with Gasteiger partial charge in [0.15, 0.2) is 0 Å². The molecule has 0 aliphatic rings. The van der Waals surface area contributed by atoms with Crippen LogP contribution in [0.4, 0.5) is 0 Å². The fourth-order valence-electron chi connectivity index (χ4n) is 0.350. The fraction of sp³-hybridized carbons (Fsp3) is 0. The van der Waals surface area contributed by atoms with E-state index in [0.717, 1.165) is 0 Å². The zero-order valence-corrected chi connectivity index (χ0v) is 7.66. The predicted octanol–water partition coefficient (Wildman–Crippen LogP) is -0.522. The van der Waals surface area contributed by atoms with Gasteiger partial charge in [-0.15, -0.1) is 4.73 Å². The van der Waals surface area contributed by atoms with Crippen molar-refractivity contribution in [2.75, 3.05) is 0 Å². The molecule has 1 aromatic rings. The normalized spacial score (nSPS) is 8.00. The molecule has 0 bridgehead atoms. The van der Waals surface area contributed by atoms with Crippen molar-refractivity contribution in [2.45, 2.75) is 0 Å². The third kappa shape index (κ3) is 1.93. The van der Waals surface area contributed by atoms with E-state index in [1.165, 1.54) is 18.5 Å². The monoisotopic (exact) mass is 176 g/mol. The molecule has 9 heavy (non-hydrogen) atoms. The van der Waals surface area contributed by atoms with E-state index in [0.29, 0.717) is 4.73 Å². The Morgan fingerprint density at radius 3 is 2.67 bits per heavy atom. The number of hydrogen-bond acceptors (Lipinski definition) is 3. The van der Waals surface area contributed by atoms with E-state index in [1.54, 1.807) is 0 Å². The second kappa shape index (κ2) is 3.35. The molecule has 0 radical (unpaired) electrons. The van der Waals surface area contributed by atoms with Crippen molar-refractivity contribution in [1.82, 2.24) is 9.71 Å². The summed E-state index contributed by atoms with van der Waals surface area (Å²) in [7, 11) is 0. The van der Waals surface area contributed by atoms with Crippen molar-refractivity contribution in [3.8, 4) is 0 Å². The van der Waals surface area contributed by atoms with Crippen molar-refractivity contribution in [3.05, 3.63) is 28.9 Å². The first-order valence-corrected chi connectivity index (χ1v) is 2.03. The SMILES string of the molecule is O=c1ncccn1O.[Zn]. The topological polar surface area (TPSA) is 55.1 Å². The van der Waals surface area contributed by atoms with Crippen LogP contribution in [0.5, 0.6) is 0 Å². The Labute approximate surface area is 63.9 Å². The molecule has 44 valence electrons. The van der Waals surface area contributed by atoms with Crippen LogP contribution in [0.15, 0.2) is 23.3 Å². The molecule has 0 unspecified atom stereocenters. The Balaban J connectivity index is 0.000000640. The first-order valence-electron chi connectivity index (χ1n) is 2.03. The Morgan fingerprint density at radius 2 is 2.33 bits per heavy atom. The molecule has 4 nitrogen and oxygen atoms in total. The molecule has 5 heteroatoms. The van der Waals surface area contributed by atoms with Gasteiger partial charge in [0.1, 0.15) is 0 Å². The standard InChI is InChI=1S/C4H4N2O2.Zn/c7-4-5-2-1-3-6(4)8;/h1-3,8H;. The molecule has 1 N–H and O–H groups in total. The van der Waals surface area contributed by atoms with Crippen molar-refractivity contribution in [2.24, 2.45) is 0 Å². The molecule has 0 fully saturated rings. The summed E-state index contributed by atoms with van der Waals surface area (Å²) in [5.41, 5.74) is -0.660. The zero-order chi connectivity index (χ0) is 5.98. The Kier molecular flexibility index (Phi) is 3.09. The summed E-state index contributed by atoms with van der Waals surface area (Å²) < 4.78 is 0.417. The van der Waals surface area contributed by atoms with E-state index in [-0.39, 0.29) is 19.5 Å². The molecule has 0 aromatic carbocycles. The fourth-order valence-corrected chi connectivity index (χ4v) is 0.350. The van der Waals surface area contributed by atoms with Gasteiger partial charge in [0.25, 0.3) is 0 Å². The first-order chi connectivity index (χ1) is 3.80. The molecular formula is C4H4N2O2Zn. The Bertz CT molecular complexity index is 234.